The predicted octanol–water partition coefficient (Wildman–Crippen LogP) is 5.55. The van der Waals surface area contributed by atoms with Crippen LogP contribution in [0.3, 0.4) is 0 Å². The number of aromatic nitrogens is 2. The van der Waals surface area contributed by atoms with Crippen molar-refractivity contribution in [2.75, 3.05) is 10.6 Å². The van der Waals surface area contributed by atoms with Gasteiger partial charge in [0.1, 0.15) is 5.82 Å². The summed E-state index contributed by atoms with van der Waals surface area (Å²) in [6.07, 6.45) is 0. The van der Waals surface area contributed by atoms with Gasteiger partial charge in [-0.3, -0.25) is 4.79 Å². The van der Waals surface area contributed by atoms with Crippen molar-refractivity contribution in [3.05, 3.63) is 89.2 Å². The summed E-state index contributed by atoms with van der Waals surface area (Å²) in [6, 6.07) is 21.6. The second-order valence-electron chi connectivity index (χ2n) is 7.18. The molecule has 5 nitrogen and oxygen atoms in total. The van der Waals surface area contributed by atoms with Crippen LogP contribution in [0.25, 0.3) is 10.9 Å². The molecule has 0 saturated heterocycles. The van der Waals surface area contributed by atoms with Gasteiger partial charge in [-0.1, -0.05) is 36.4 Å². The lowest BCUT2D eigenvalue weighted by atomic mass is 10.1. The SMILES string of the molecule is Cc1cccc(Nc2nc(C(=O)Nc3cc(C)ccc3C)nc3ccccc23)c1. The standard InChI is InChI=1S/C24H22N4O/c1-15-7-6-8-18(13-15)25-22-19-9-4-5-10-20(19)26-23(28-22)24(29)27-21-14-16(2)11-12-17(21)3/h4-14H,1-3H3,(H,27,29)(H,25,26,28). The summed E-state index contributed by atoms with van der Waals surface area (Å²) in [5.74, 6) is 0.392. The smallest absolute Gasteiger partial charge is 0.293 e. The van der Waals surface area contributed by atoms with Crippen molar-refractivity contribution in [1.82, 2.24) is 9.97 Å². The van der Waals surface area contributed by atoms with E-state index < -0.39 is 0 Å². The summed E-state index contributed by atoms with van der Waals surface area (Å²) in [6.45, 7) is 5.98. The number of rotatable bonds is 4. The van der Waals surface area contributed by atoms with E-state index in [-0.39, 0.29) is 11.7 Å². The molecule has 0 aliphatic heterocycles. The lowest BCUT2D eigenvalue weighted by Gasteiger charge is -2.12. The number of amides is 1. The molecule has 144 valence electrons. The van der Waals surface area contributed by atoms with Crippen LogP contribution >= 0.6 is 0 Å². The molecule has 4 aromatic rings. The zero-order chi connectivity index (χ0) is 20.4. The van der Waals surface area contributed by atoms with Gasteiger partial charge in [-0.05, 0) is 67.8 Å². The highest BCUT2D eigenvalue weighted by Gasteiger charge is 2.15. The molecule has 0 aliphatic rings. The fourth-order valence-corrected chi connectivity index (χ4v) is 3.18. The van der Waals surface area contributed by atoms with Gasteiger partial charge in [0.15, 0.2) is 0 Å². The number of nitrogens with one attached hydrogen (secondary N) is 2. The van der Waals surface area contributed by atoms with E-state index >= 15 is 0 Å². The van der Waals surface area contributed by atoms with E-state index in [4.69, 9.17) is 0 Å². The van der Waals surface area contributed by atoms with Crippen molar-refractivity contribution in [3.63, 3.8) is 0 Å². The molecule has 0 bridgehead atoms. The van der Waals surface area contributed by atoms with Gasteiger partial charge in [0.05, 0.1) is 5.52 Å². The first-order valence-electron chi connectivity index (χ1n) is 9.49. The number of aryl methyl sites for hydroxylation is 3. The summed E-state index contributed by atoms with van der Waals surface area (Å²) in [5, 5.41) is 7.14. The Morgan fingerprint density at radius 1 is 0.828 bits per heavy atom. The van der Waals surface area contributed by atoms with Crippen LogP contribution in [0.15, 0.2) is 66.7 Å². The highest BCUT2D eigenvalue weighted by molar-refractivity contribution is 6.04. The fourth-order valence-electron chi connectivity index (χ4n) is 3.18. The molecule has 0 saturated carbocycles. The number of nitrogens with zero attached hydrogens (tertiary/aromatic N) is 2. The molecule has 1 amide bonds. The van der Waals surface area contributed by atoms with Crippen LogP contribution in [-0.4, -0.2) is 15.9 Å². The van der Waals surface area contributed by atoms with Gasteiger partial charge in [-0.15, -0.1) is 0 Å². The van der Waals surface area contributed by atoms with E-state index in [1.165, 1.54) is 0 Å². The Morgan fingerprint density at radius 2 is 1.62 bits per heavy atom. The minimum Gasteiger partial charge on any atom is -0.340 e. The highest BCUT2D eigenvalue weighted by atomic mass is 16.2. The third kappa shape index (κ3) is 4.09. The second kappa shape index (κ2) is 7.72. The van der Waals surface area contributed by atoms with E-state index in [2.05, 4.69) is 20.6 Å². The Morgan fingerprint density at radius 3 is 2.45 bits per heavy atom. The maximum Gasteiger partial charge on any atom is 0.293 e. The first kappa shape index (κ1) is 18.6. The van der Waals surface area contributed by atoms with Gasteiger partial charge in [0.25, 0.3) is 5.91 Å². The number of carbonyl (C=O) groups is 1. The van der Waals surface area contributed by atoms with Crippen LogP contribution in [0.5, 0.6) is 0 Å². The van der Waals surface area contributed by atoms with Crippen LogP contribution in [0.4, 0.5) is 17.2 Å². The summed E-state index contributed by atoms with van der Waals surface area (Å²) in [4.78, 5) is 21.9. The first-order chi connectivity index (χ1) is 14.0. The molecule has 0 atom stereocenters. The number of anilines is 3. The van der Waals surface area contributed by atoms with E-state index in [9.17, 15) is 4.79 Å². The first-order valence-corrected chi connectivity index (χ1v) is 9.49. The van der Waals surface area contributed by atoms with E-state index in [0.717, 1.165) is 33.5 Å². The average Bonchev–Trinajstić information content (AvgIpc) is 2.70. The Balaban J connectivity index is 1.73. The molecule has 0 radical (unpaired) electrons. The molecule has 1 aromatic heterocycles. The van der Waals surface area contributed by atoms with Gasteiger partial charge >= 0.3 is 0 Å². The van der Waals surface area contributed by atoms with Crippen molar-refractivity contribution < 1.29 is 4.79 Å². The third-order valence-corrected chi connectivity index (χ3v) is 4.73. The van der Waals surface area contributed by atoms with Crippen LogP contribution < -0.4 is 10.6 Å². The maximum absolute atomic E-state index is 12.9. The summed E-state index contributed by atoms with van der Waals surface area (Å²) in [5.41, 5.74) is 5.59. The lowest BCUT2D eigenvalue weighted by Crippen LogP contribution is -2.17. The van der Waals surface area contributed by atoms with Gasteiger partial charge in [-0.2, -0.15) is 0 Å². The molecule has 0 spiro atoms. The van der Waals surface area contributed by atoms with Crippen molar-refractivity contribution in [1.29, 1.82) is 0 Å². The van der Waals surface area contributed by atoms with Crippen molar-refractivity contribution >= 4 is 34.0 Å². The minimum atomic E-state index is -0.336. The van der Waals surface area contributed by atoms with Crippen LogP contribution in [-0.2, 0) is 0 Å². The Bertz CT molecular complexity index is 1220. The van der Waals surface area contributed by atoms with Gasteiger partial charge in [0, 0.05) is 16.8 Å². The molecular weight excluding hydrogens is 360 g/mol. The molecule has 4 rings (SSSR count). The normalized spacial score (nSPS) is 10.7. The molecule has 0 fully saturated rings. The maximum atomic E-state index is 12.9. The molecule has 5 heteroatoms. The average molecular weight is 382 g/mol. The molecule has 29 heavy (non-hydrogen) atoms. The molecule has 1 heterocycles. The molecule has 0 unspecified atom stereocenters. The number of benzene rings is 3. The van der Waals surface area contributed by atoms with Crippen molar-refractivity contribution in [2.24, 2.45) is 0 Å². The molecule has 2 N–H and O–H groups in total. The molecular formula is C24H22N4O. The second-order valence-corrected chi connectivity index (χ2v) is 7.18. The van der Waals surface area contributed by atoms with Crippen LogP contribution in [0, 0.1) is 20.8 Å². The summed E-state index contributed by atoms with van der Waals surface area (Å²) in [7, 11) is 0. The van der Waals surface area contributed by atoms with E-state index in [1.807, 2.05) is 87.5 Å². The highest BCUT2D eigenvalue weighted by Crippen LogP contribution is 2.25. The van der Waals surface area contributed by atoms with Gasteiger partial charge in [-0.25, -0.2) is 9.97 Å². The Labute approximate surface area is 169 Å². The van der Waals surface area contributed by atoms with Crippen LogP contribution in [0.2, 0.25) is 0 Å². The number of fused-ring (bicyclic) bond motifs is 1. The van der Waals surface area contributed by atoms with Gasteiger partial charge < -0.3 is 10.6 Å². The quantitative estimate of drug-likeness (QED) is 0.485. The Hall–Kier alpha value is -3.73. The zero-order valence-corrected chi connectivity index (χ0v) is 16.7. The van der Waals surface area contributed by atoms with Gasteiger partial charge in [0.2, 0.25) is 5.82 Å². The minimum absolute atomic E-state index is 0.125. The van der Waals surface area contributed by atoms with Crippen molar-refractivity contribution in [2.45, 2.75) is 20.8 Å². The zero-order valence-electron chi connectivity index (χ0n) is 16.7. The number of carbonyl (C=O) groups excluding carboxylic acids is 1. The molecule has 0 aliphatic carbocycles. The monoisotopic (exact) mass is 382 g/mol. The van der Waals surface area contributed by atoms with Crippen LogP contribution in [0.1, 0.15) is 27.3 Å². The predicted molar refractivity (Wildman–Crippen MR) is 118 cm³/mol. The summed E-state index contributed by atoms with van der Waals surface area (Å²) >= 11 is 0. The number of para-hydroxylation sites is 1. The van der Waals surface area contributed by atoms with E-state index in [1.54, 1.807) is 0 Å². The van der Waals surface area contributed by atoms with E-state index in [0.29, 0.717) is 11.3 Å². The molecule has 3 aromatic carbocycles. The third-order valence-electron chi connectivity index (χ3n) is 4.73. The number of hydrogen-bond acceptors (Lipinski definition) is 4. The summed E-state index contributed by atoms with van der Waals surface area (Å²) < 4.78 is 0. The Kier molecular flexibility index (Phi) is 4.96. The fraction of sp³-hybridized carbons (Fsp3) is 0.125. The van der Waals surface area contributed by atoms with Crippen molar-refractivity contribution in [3.8, 4) is 0 Å². The lowest BCUT2D eigenvalue weighted by molar-refractivity contribution is 0.101. The number of hydrogen-bond donors (Lipinski definition) is 2. The largest absolute Gasteiger partial charge is 0.340 e. The topological polar surface area (TPSA) is 66.9 Å².